The number of benzene rings is 2. The minimum absolute atomic E-state index is 0.00651. The molecule has 1 unspecified atom stereocenters. The van der Waals surface area contributed by atoms with E-state index in [1.807, 2.05) is 44.2 Å². The van der Waals surface area contributed by atoms with Gasteiger partial charge < -0.3 is 19.7 Å². The number of likely N-dealkylation sites (tertiary alicyclic amines) is 1. The van der Waals surface area contributed by atoms with Crippen molar-refractivity contribution >= 4 is 11.8 Å². The Labute approximate surface area is 178 Å². The van der Waals surface area contributed by atoms with E-state index in [9.17, 15) is 9.59 Å². The molecule has 0 spiro atoms. The Hall–Kier alpha value is -3.02. The molecule has 1 heterocycles. The van der Waals surface area contributed by atoms with Crippen LogP contribution in [0.25, 0.3) is 0 Å². The molecule has 1 aliphatic heterocycles. The number of rotatable bonds is 7. The molecule has 3 rings (SSSR count). The summed E-state index contributed by atoms with van der Waals surface area (Å²) in [6, 6.07) is 15.1. The molecule has 1 saturated heterocycles. The molecule has 1 atom stereocenters. The maximum absolute atomic E-state index is 13.0. The zero-order valence-electron chi connectivity index (χ0n) is 17.9. The standard InChI is InChI=1S/C24H30N2O4/c1-17(2)23(27)25-20-10-7-13-26(15-20)24(28)19-11-12-21(22(14-19)29-3)30-16-18-8-5-4-6-9-18/h4-6,8-9,11-12,14,17,20H,7,10,13,15-16H2,1-3H3,(H,25,27). The number of hydrogen-bond acceptors (Lipinski definition) is 4. The van der Waals surface area contributed by atoms with E-state index < -0.39 is 0 Å². The molecule has 0 aromatic heterocycles. The van der Waals surface area contributed by atoms with Crippen molar-refractivity contribution in [2.24, 2.45) is 5.92 Å². The van der Waals surface area contributed by atoms with Gasteiger partial charge in [-0.05, 0) is 36.6 Å². The third-order valence-electron chi connectivity index (χ3n) is 5.23. The molecule has 1 N–H and O–H groups in total. The molecule has 160 valence electrons. The van der Waals surface area contributed by atoms with Gasteiger partial charge in [0.05, 0.1) is 7.11 Å². The van der Waals surface area contributed by atoms with Gasteiger partial charge in [0.15, 0.2) is 11.5 Å². The average molecular weight is 411 g/mol. The monoisotopic (exact) mass is 410 g/mol. The second-order valence-electron chi connectivity index (χ2n) is 7.89. The van der Waals surface area contributed by atoms with Gasteiger partial charge in [0.1, 0.15) is 6.61 Å². The predicted octanol–water partition coefficient (Wildman–Crippen LogP) is 3.65. The largest absolute Gasteiger partial charge is 0.493 e. The molecular formula is C24H30N2O4. The van der Waals surface area contributed by atoms with Crippen LogP contribution in [0.4, 0.5) is 0 Å². The van der Waals surface area contributed by atoms with Gasteiger partial charge in [0.2, 0.25) is 5.91 Å². The molecule has 1 fully saturated rings. The van der Waals surface area contributed by atoms with Crippen molar-refractivity contribution in [3.05, 3.63) is 59.7 Å². The molecule has 1 aliphatic rings. The van der Waals surface area contributed by atoms with Gasteiger partial charge in [-0.3, -0.25) is 9.59 Å². The first-order chi connectivity index (χ1) is 14.5. The molecule has 0 bridgehead atoms. The lowest BCUT2D eigenvalue weighted by Crippen LogP contribution is -2.50. The molecule has 0 saturated carbocycles. The average Bonchev–Trinajstić information content (AvgIpc) is 2.77. The Morgan fingerprint density at radius 2 is 1.90 bits per heavy atom. The lowest BCUT2D eigenvalue weighted by Gasteiger charge is -2.33. The van der Waals surface area contributed by atoms with Crippen LogP contribution in [0.1, 0.15) is 42.6 Å². The SMILES string of the molecule is COc1cc(C(=O)N2CCCC(NC(=O)C(C)C)C2)ccc1OCc1ccccc1. The van der Waals surface area contributed by atoms with Crippen molar-refractivity contribution in [2.45, 2.75) is 39.3 Å². The third kappa shape index (κ3) is 5.53. The van der Waals surface area contributed by atoms with Crippen molar-refractivity contribution in [2.75, 3.05) is 20.2 Å². The van der Waals surface area contributed by atoms with Crippen molar-refractivity contribution < 1.29 is 19.1 Å². The normalized spacial score (nSPS) is 16.3. The van der Waals surface area contributed by atoms with E-state index in [1.165, 1.54) is 0 Å². The number of nitrogens with zero attached hydrogens (tertiary/aromatic N) is 1. The minimum atomic E-state index is -0.0660. The predicted molar refractivity (Wildman–Crippen MR) is 116 cm³/mol. The van der Waals surface area contributed by atoms with Crippen molar-refractivity contribution in [1.82, 2.24) is 10.2 Å². The fraction of sp³-hybridized carbons (Fsp3) is 0.417. The summed E-state index contributed by atoms with van der Waals surface area (Å²) < 4.78 is 11.3. The van der Waals surface area contributed by atoms with E-state index in [2.05, 4.69) is 5.32 Å². The molecular weight excluding hydrogens is 380 g/mol. The van der Waals surface area contributed by atoms with Crippen LogP contribution in [0, 0.1) is 5.92 Å². The summed E-state index contributed by atoms with van der Waals surface area (Å²) in [5.41, 5.74) is 1.61. The lowest BCUT2D eigenvalue weighted by molar-refractivity contribution is -0.125. The highest BCUT2D eigenvalue weighted by atomic mass is 16.5. The summed E-state index contributed by atoms with van der Waals surface area (Å²) in [6.07, 6.45) is 1.75. The van der Waals surface area contributed by atoms with Crippen LogP contribution >= 0.6 is 0 Å². The second kappa shape index (κ2) is 10.1. The summed E-state index contributed by atoms with van der Waals surface area (Å²) in [4.78, 5) is 26.8. The Bertz CT molecular complexity index is 867. The summed E-state index contributed by atoms with van der Waals surface area (Å²) in [7, 11) is 1.57. The van der Waals surface area contributed by atoms with Gasteiger partial charge >= 0.3 is 0 Å². The van der Waals surface area contributed by atoms with Crippen LogP contribution < -0.4 is 14.8 Å². The lowest BCUT2D eigenvalue weighted by atomic mass is 10.0. The maximum Gasteiger partial charge on any atom is 0.254 e. The number of methoxy groups -OCH3 is 1. The Morgan fingerprint density at radius 3 is 2.60 bits per heavy atom. The molecule has 6 heteroatoms. The highest BCUT2D eigenvalue weighted by Crippen LogP contribution is 2.29. The molecule has 0 radical (unpaired) electrons. The van der Waals surface area contributed by atoms with Crippen molar-refractivity contribution in [1.29, 1.82) is 0 Å². The zero-order chi connectivity index (χ0) is 21.5. The van der Waals surface area contributed by atoms with Crippen LogP contribution in [-0.4, -0.2) is 43.0 Å². The second-order valence-corrected chi connectivity index (χ2v) is 7.89. The van der Waals surface area contributed by atoms with Crippen LogP contribution in [-0.2, 0) is 11.4 Å². The van der Waals surface area contributed by atoms with Crippen molar-refractivity contribution in [3.8, 4) is 11.5 Å². The summed E-state index contributed by atoms with van der Waals surface area (Å²) in [6.45, 7) is 5.37. The highest BCUT2D eigenvalue weighted by Gasteiger charge is 2.26. The topological polar surface area (TPSA) is 67.9 Å². The Morgan fingerprint density at radius 1 is 1.13 bits per heavy atom. The molecule has 2 aromatic carbocycles. The smallest absolute Gasteiger partial charge is 0.254 e. The molecule has 0 aliphatic carbocycles. The maximum atomic E-state index is 13.0. The van der Waals surface area contributed by atoms with Gasteiger partial charge in [0, 0.05) is 30.6 Å². The summed E-state index contributed by atoms with van der Waals surface area (Å²) in [5.74, 6) is 1.02. The Balaban J connectivity index is 1.66. The van der Waals surface area contributed by atoms with E-state index in [0.717, 1.165) is 18.4 Å². The third-order valence-corrected chi connectivity index (χ3v) is 5.23. The molecule has 6 nitrogen and oxygen atoms in total. The van der Waals surface area contributed by atoms with Gasteiger partial charge in [0.25, 0.3) is 5.91 Å². The first-order valence-electron chi connectivity index (χ1n) is 10.4. The van der Waals surface area contributed by atoms with E-state index in [0.29, 0.717) is 36.8 Å². The first kappa shape index (κ1) is 21.7. The molecule has 2 amide bonds. The van der Waals surface area contributed by atoms with Crippen LogP contribution in [0.5, 0.6) is 11.5 Å². The number of carbonyl (C=O) groups is 2. The number of piperidine rings is 1. The summed E-state index contributed by atoms with van der Waals surface area (Å²) >= 11 is 0. The van der Waals surface area contributed by atoms with Gasteiger partial charge in [-0.15, -0.1) is 0 Å². The number of ether oxygens (including phenoxy) is 2. The van der Waals surface area contributed by atoms with Crippen LogP contribution in [0.15, 0.2) is 48.5 Å². The Kier molecular flexibility index (Phi) is 7.33. The van der Waals surface area contributed by atoms with Crippen molar-refractivity contribution in [3.63, 3.8) is 0 Å². The van der Waals surface area contributed by atoms with E-state index >= 15 is 0 Å². The van der Waals surface area contributed by atoms with E-state index in [-0.39, 0.29) is 23.8 Å². The van der Waals surface area contributed by atoms with E-state index in [4.69, 9.17) is 9.47 Å². The number of carbonyl (C=O) groups excluding carboxylic acids is 2. The fourth-order valence-corrected chi connectivity index (χ4v) is 3.49. The molecule has 30 heavy (non-hydrogen) atoms. The number of hydrogen-bond donors (Lipinski definition) is 1. The minimum Gasteiger partial charge on any atom is -0.493 e. The van der Waals surface area contributed by atoms with Gasteiger partial charge in [-0.1, -0.05) is 44.2 Å². The number of nitrogens with one attached hydrogen (secondary N) is 1. The van der Waals surface area contributed by atoms with Crippen LogP contribution in [0.3, 0.4) is 0 Å². The fourth-order valence-electron chi connectivity index (χ4n) is 3.49. The number of amides is 2. The highest BCUT2D eigenvalue weighted by molar-refractivity contribution is 5.95. The van der Waals surface area contributed by atoms with Gasteiger partial charge in [-0.25, -0.2) is 0 Å². The van der Waals surface area contributed by atoms with Gasteiger partial charge in [-0.2, -0.15) is 0 Å². The quantitative estimate of drug-likeness (QED) is 0.757. The first-order valence-corrected chi connectivity index (χ1v) is 10.4. The van der Waals surface area contributed by atoms with Crippen LogP contribution in [0.2, 0.25) is 0 Å². The summed E-state index contributed by atoms with van der Waals surface area (Å²) in [5, 5.41) is 3.04. The molecule has 2 aromatic rings. The zero-order valence-corrected chi connectivity index (χ0v) is 17.9. The van der Waals surface area contributed by atoms with E-state index in [1.54, 1.807) is 30.2 Å².